The van der Waals surface area contributed by atoms with Gasteiger partial charge in [-0.15, -0.1) is 0 Å². The molecular weight excluding hydrogens is 675 g/mol. The van der Waals surface area contributed by atoms with Gasteiger partial charge in [-0.2, -0.15) is 0 Å². The molecule has 0 unspecified atom stereocenters. The Morgan fingerprint density at radius 1 is 0.393 bits per heavy atom. The third-order valence-corrected chi connectivity index (χ3v) is 10.7. The van der Waals surface area contributed by atoms with Gasteiger partial charge in [-0.3, -0.25) is 0 Å². The summed E-state index contributed by atoms with van der Waals surface area (Å²) in [7, 11) is 0. The molecule has 0 bridgehead atoms. The van der Waals surface area contributed by atoms with E-state index >= 15 is 0 Å². The van der Waals surface area contributed by atoms with Crippen LogP contribution in [-0.2, 0) is 5.41 Å². The number of nitrogens with zero attached hydrogens (tertiary/aromatic N) is 1. The van der Waals surface area contributed by atoms with Gasteiger partial charge in [-0.05, 0) is 120 Å². The molecule has 0 spiro atoms. The first-order chi connectivity index (χ1) is 32.9. The molecule has 266 valence electrons. The molecule has 10 rings (SSSR count). The Kier molecular flexibility index (Phi) is 5.49. The summed E-state index contributed by atoms with van der Waals surface area (Å²) in [6, 6.07) is 34.6. The largest absolute Gasteiger partial charge is 0.311 e. The van der Waals surface area contributed by atoms with Gasteiger partial charge in [-0.1, -0.05) is 183 Å². The molecule has 0 heterocycles. The second kappa shape index (κ2) is 13.7. The van der Waals surface area contributed by atoms with Crippen molar-refractivity contribution in [1.29, 1.82) is 0 Å². The lowest BCUT2D eigenvalue weighted by molar-refractivity contribution is 0.662. The Labute approximate surface area is 348 Å². The van der Waals surface area contributed by atoms with Gasteiger partial charge in [0, 0.05) is 22.5 Å². The van der Waals surface area contributed by atoms with Crippen molar-refractivity contribution in [2.24, 2.45) is 0 Å². The van der Waals surface area contributed by atoms with Crippen LogP contribution in [0, 0.1) is 0 Å². The first-order valence-corrected chi connectivity index (χ1v) is 18.5. The first-order valence-electron chi connectivity index (χ1n) is 25.0. The first kappa shape index (κ1) is 22.4. The maximum atomic E-state index is 9.71. The molecule has 9 aromatic carbocycles. The van der Waals surface area contributed by atoms with Gasteiger partial charge in [0.05, 0.1) is 17.8 Å². The van der Waals surface area contributed by atoms with E-state index in [0.717, 1.165) is 55.3 Å². The Morgan fingerprint density at radius 3 is 1.75 bits per heavy atom. The van der Waals surface area contributed by atoms with Crippen LogP contribution in [0.25, 0.3) is 66.4 Å². The van der Waals surface area contributed by atoms with E-state index in [1.165, 1.54) is 4.90 Å². The van der Waals surface area contributed by atoms with Crippen molar-refractivity contribution < 1.29 is 17.8 Å². The van der Waals surface area contributed by atoms with Crippen molar-refractivity contribution in [3.05, 3.63) is 223 Å². The molecule has 56 heavy (non-hydrogen) atoms. The van der Waals surface area contributed by atoms with E-state index in [1.54, 1.807) is 30.3 Å². The van der Waals surface area contributed by atoms with Crippen LogP contribution in [0.1, 0.15) is 42.8 Å². The van der Waals surface area contributed by atoms with E-state index in [1.807, 2.05) is 72.8 Å². The van der Waals surface area contributed by atoms with Crippen LogP contribution >= 0.6 is 0 Å². The number of benzene rings is 9. The van der Waals surface area contributed by atoms with Crippen molar-refractivity contribution in [2.75, 3.05) is 4.90 Å². The average Bonchev–Trinajstić information content (AvgIpc) is 3.60. The summed E-state index contributed by atoms with van der Waals surface area (Å²) in [4.78, 5) is 1.20. The average molecular weight is 729 g/mol. The smallest absolute Gasteiger partial charge is 0.0645 e. The second-order valence-corrected chi connectivity index (χ2v) is 14.3. The zero-order valence-electron chi connectivity index (χ0n) is 43.6. The van der Waals surface area contributed by atoms with E-state index in [-0.39, 0.29) is 29.0 Å². The van der Waals surface area contributed by atoms with E-state index in [2.05, 4.69) is 44.2 Å². The lowest BCUT2D eigenvalue weighted by Crippen LogP contribution is -2.16. The number of rotatable bonds is 7. The predicted molar refractivity (Wildman–Crippen MR) is 238 cm³/mol. The maximum absolute atomic E-state index is 9.71. The lowest BCUT2D eigenvalue weighted by atomic mass is 9.79. The number of hydrogen-bond donors (Lipinski definition) is 0. The van der Waals surface area contributed by atoms with Crippen molar-refractivity contribution in [2.45, 2.75) is 19.3 Å². The second-order valence-electron chi connectivity index (χ2n) is 14.3. The standard InChI is InChI=1S/C55H41N/c1-55(2)53-24-9-8-20-51(53)52-23-12-22-50(54(52)55)42-29-35-47(36-30-42)56(45-31-25-39(26-32-45)38-13-4-3-5-14-38)46-33-27-40(28-34-46)43-17-10-18-44(37-43)49-21-11-16-41-15-6-7-19-48(41)49/h3-37H,1-2H3/i3D,4D,5D,13D,14D,25D,26D,29D,30D,31D,32D,35D,36D. The van der Waals surface area contributed by atoms with Crippen LogP contribution in [0.5, 0.6) is 0 Å². The third kappa shape index (κ3) is 5.81. The fraction of sp³-hybridized carbons (Fsp3) is 0.0545. The van der Waals surface area contributed by atoms with Gasteiger partial charge in [0.25, 0.3) is 0 Å². The molecule has 1 nitrogen and oxygen atoms in total. The summed E-state index contributed by atoms with van der Waals surface area (Å²) in [5.41, 5.74) is 5.89. The Hall–Kier alpha value is -6.96. The highest BCUT2D eigenvalue weighted by molar-refractivity contribution is 5.97. The molecule has 0 amide bonds. The van der Waals surface area contributed by atoms with Crippen molar-refractivity contribution >= 4 is 27.8 Å². The number of hydrogen-bond acceptors (Lipinski definition) is 1. The van der Waals surface area contributed by atoms with Gasteiger partial charge in [0.1, 0.15) is 0 Å². The fourth-order valence-electron chi connectivity index (χ4n) is 8.04. The van der Waals surface area contributed by atoms with Crippen LogP contribution in [0.15, 0.2) is 212 Å². The zero-order valence-corrected chi connectivity index (χ0v) is 30.6. The molecule has 0 saturated carbocycles. The fourth-order valence-corrected chi connectivity index (χ4v) is 8.04. The predicted octanol–water partition coefficient (Wildman–Crippen LogP) is 15.3. The topological polar surface area (TPSA) is 3.24 Å². The minimum absolute atomic E-state index is 0.0592. The Balaban J connectivity index is 1.18. The molecule has 0 N–H and O–H groups in total. The number of anilines is 3. The van der Waals surface area contributed by atoms with Gasteiger partial charge in [0.2, 0.25) is 0 Å². The molecule has 1 aliphatic rings. The summed E-state index contributed by atoms with van der Waals surface area (Å²) in [6.45, 7) is 4.13. The summed E-state index contributed by atoms with van der Waals surface area (Å²) < 4.78 is 118. The Morgan fingerprint density at radius 2 is 0.964 bits per heavy atom. The number of fused-ring (bicyclic) bond motifs is 4. The van der Waals surface area contributed by atoms with Crippen LogP contribution in [0.4, 0.5) is 17.1 Å². The highest BCUT2D eigenvalue weighted by atomic mass is 15.1. The Bertz CT molecular complexity index is 3550. The molecule has 9 aromatic rings. The lowest BCUT2D eigenvalue weighted by Gasteiger charge is -2.27. The molecule has 0 saturated heterocycles. The third-order valence-electron chi connectivity index (χ3n) is 10.7. The maximum Gasteiger partial charge on any atom is 0.0645 e. The van der Waals surface area contributed by atoms with Gasteiger partial charge >= 0.3 is 0 Å². The van der Waals surface area contributed by atoms with E-state index in [4.69, 9.17) is 6.85 Å². The normalized spacial score (nSPS) is 15.9. The quantitative estimate of drug-likeness (QED) is 0.158. The highest BCUT2D eigenvalue weighted by Crippen LogP contribution is 2.52. The molecule has 1 heteroatoms. The van der Waals surface area contributed by atoms with Crippen LogP contribution in [0.2, 0.25) is 0 Å². The van der Waals surface area contributed by atoms with Gasteiger partial charge < -0.3 is 4.90 Å². The van der Waals surface area contributed by atoms with Crippen molar-refractivity contribution in [1.82, 2.24) is 0 Å². The van der Waals surface area contributed by atoms with E-state index in [0.29, 0.717) is 5.56 Å². The molecule has 0 radical (unpaired) electrons. The molecule has 0 aromatic heterocycles. The minimum atomic E-state index is -0.732. The van der Waals surface area contributed by atoms with E-state index in [9.17, 15) is 11.0 Å². The highest BCUT2D eigenvalue weighted by Gasteiger charge is 2.37. The van der Waals surface area contributed by atoms with Crippen LogP contribution in [-0.4, -0.2) is 0 Å². The molecular formula is C55H41N. The molecule has 0 aliphatic heterocycles. The summed E-state index contributed by atoms with van der Waals surface area (Å²) in [5, 5.41) is 2.20. The summed E-state index contributed by atoms with van der Waals surface area (Å²) in [5.74, 6) is 0. The molecule has 0 fully saturated rings. The van der Waals surface area contributed by atoms with Crippen molar-refractivity contribution in [3.8, 4) is 55.6 Å². The van der Waals surface area contributed by atoms with Crippen LogP contribution in [0.3, 0.4) is 0 Å². The molecule has 1 aliphatic carbocycles. The molecule has 0 atom stereocenters. The van der Waals surface area contributed by atoms with Crippen LogP contribution < -0.4 is 4.90 Å². The summed E-state index contributed by atoms with van der Waals surface area (Å²) in [6.07, 6.45) is 0. The van der Waals surface area contributed by atoms with Gasteiger partial charge in [-0.25, -0.2) is 0 Å². The van der Waals surface area contributed by atoms with Gasteiger partial charge in [0.15, 0.2) is 0 Å². The van der Waals surface area contributed by atoms with Crippen molar-refractivity contribution in [3.63, 3.8) is 0 Å². The minimum Gasteiger partial charge on any atom is -0.311 e. The zero-order chi connectivity index (χ0) is 49.0. The van der Waals surface area contributed by atoms with E-state index < -0.39 is 88.7 Å². The summed E-state index contributed by atoms with van der Waals surface area (Å²) >= 11 is 0. The SMILES string of the molecule is [2H]c1c([2H])c([2H])c(-c2c([2H])c([2H])c(N(c3ccc(-c4cccc(-c5cccc6ccccc56)c4)cc3)c3c([2H])c([2H])c(-c4cccc5c4C(C)(C)c4ccccc4-5)c([2H])c3[2H])c([2H])c2[2H])c([2H])c1[2H]. The monoisotopic (exact) mass is 728 g/mol.